The van der Waals surface area contributed by atoms with Gasteiger partial charge in [-0.2, -0.15) is 17.2 Å². The molecule has 9 nitrogen and oxygen atoms in total. The van der Waals surface area contributed by atoms with Crippen LogP contribution in [0, 0.1) is 11.8 Å². The molecule has 4 atom stereocenters. The van der Waals surface area contributed by atoms with E-state index in [9.17, 15) is 31.6 Å². The van der Waals surface area contributed by atoms with Crippen molar-refractivity contribution in [3.8, 4) is 0 Å². The van der Waals surface area contributed by atoms with Crippen LogP contribution in [-0.4, -0.2) is 54.9 Å². The van der Waals surface area contributed by atoms with E-state index in [0.29, 0.717) is 12.0 Å². The lowest BCUT2D eigenvalue weighted by Gasteiger charge is -2.22. The largest absolute Gasteiger partial charge is 0.465 e. The van der Waals surface area contributed by atoms with Gasteiger partial charge in [-0.15, -0.1) is 0 Å². The summed E-state index contributed by atoms with van der Waals surface area (Å²) < 4.78 is 68.7. The molecule has 12 heteroatoms. The van der Waals surface area contributed by atoms with E-state index in [1.807, 2.05) is 0 Å². The molecular weight excluding hydrogens is 358 g/mol. The van der Waals surface area contributed by atoms with Crippen LogP contribution in [0.3, 0.4) is 0 Å². The number of alkyl halides is 2. The van der Waals surface area contributed by atoms with Gasteiger partial charge in [0.25, 0.3) is 0 Å². The third kappa shape index (κ3) is 2.45. The number of ether oxygens (including phenoxy) is 3. The van der Waals surface area contributed by atoms with Crippen molar-refractivity contribution in [3.63, 3.8) is 0 Å². The average Bonchev–Trinajstić information content (AvgIpc) is 3.08. The Morgan fingerprint density at radius 3 is 2.71 bits per heavy atom. The van der Waals surface area contributed by atoms with Crippen LogP contribution in [0.25, 0.3) is 0 Å². The summed E-state index contributed by atoms with van der Waals surface area (Å²) >= 11 is 0. The summed E-state index contributed by atoms with van der Waals surface area (Å²) in [6, 6.07) is 0. The van der Waals surface area contributed by atoms with Crippen LogP contribution in [0.2, 0.25) is 0 Å². The van der Waals surface area contributed by atoms with Crippen molar-refractivity contribution in [1.82, 2.24) is 0 Å². The van der Waals surface area contributed by atoms with Gasteiger partial charge in [0, 0.05) is 17.4 Å². The molecule has 1 N–H and O–H groups in total. The maximum absolute atomic E-state index is 12.9. The lowest BCUT2D eigenvalue weighted by atomic mass is 9.97. The molecule has 2 aliphatic carbocycles. The van der Waals surface area contributed by atoms with Gasteiger partial charge in [-0.1, -0.05) is 6.08 Å². The number of rotatable bonds is 5. The highest BCUT2D eigenvalue weighted by Gasteiger charge is 2.59. The molecule has 1 aliphatic heterocycles. The summed E-state index contributed by atoms with van der Waals surface area (Å²) in [7, 11) is -6.02. The summed E-state index contributed by atoms with van der Waals surface area (Å²) in [4.78, 5) is 34.0. The van der Waals surface area contributed by atoms with Crippen molar-refractivity contribution in [3.05, 3.63) is 11.6 Å². The van der Waals surface area contributed by atoms with Crippen molar-refractivity contribution in [2.75, 3.05) is 6.61 Å². The smallest absolute Gasteiger partial charge is 0.455 e. The Morgan fingerprint density at radius 1 is 1.42 bits per heavy atom. The van der Waals surface area contributed by atoms with E-state index in [0.717, 1.165) is 0 Å². The Balaban J connectivity index is 1.56. The van der Waals surface area contributed by atoms with Crippen LogP contribution in [0.1, 0.15) is 6.42 Å². The maximum atomic E-state index is 12.9. The van der Waals surface area contributed by atoms with Gasteiger partial charge in [-0.05, 0) is 6.42 Å². The number of fused-ring (bicyclic) bond motifs is 1. The highest BCUT2D eigenvalue weighted by molar-refractivity contribution is 7.87. The van der Waals surface area contributed by atoms with Gasteiger partial charge in [0.2, 0.25) is 0 Å². The van der Waals surface area contributed by atoms with E-state index >= 15 is 0 Å². The molecule has 1 saturated carbocycles. The van der Waals surface area contributed by atoms with Crippen LogP contribution in [0.4, 0.5) is 8.78 Å². The highest BCUT2D eigenvalue weighted by Crippen LogP contribution is 2.51. The van der Waals surface area contributed by atoms with E-state index in [2.05, 4.69) is 4.74 Å². The first-order valence-corrected chi connectivity index (χ1v) is 8.10. The molecule has 0 radical (unpaired) electrons. The predicted molar refractivity (Wildman–Crippen MR) is 66.9 cm³/mol. The predicted octanol–water partition coefficient (Wildman–Crippen LogP) is -0.577. The Labute approximate surface area is 133 Å². The number of esters is 3. The number of halogens is 2. The van der Waals surface area contributed by atoms with Gasteiger partial charge in [-0.3, -0.25) is 4.55 Å². The lowest BCUT2D eigenvalue weighted by Crippen LogP contribution is -2.40. The fourth-order valence-electron chi connectivity index (χ4n) is 3.07. The zero-order chi connectivity index (χ0) is 17.9. The van der Waals surface area contributed by atoms with E-state index in [-0.39, 0.29) is 11.8 Å². The SMILES string of the molecule is O=C(COC(=O)C(F)(F)S(=O)(=O)O)OC1C2C=C3C(=O)OC1C3C2. The van der Waals surface area contributed by atoms with Gasteiger partial charge >= 0.3 is 33.3 Å². The zero-order valence-corrected chi connectivity index (χ0v) is 12.5. The zero-order valence-electron chi connectivity index (χ0n) is 11.7. The number of hydrogen-bond donors (Lipinski definition) is 1. The molecule has 132 valence electrons. The molecule has 1 saturated heterocycles. The van der Waals surface area contributed by atoms with Crippen LogP contribution in [0.15, 0.2) is 11.6 Å². The van der Waals surface area contributed by atoms with E-state index < -0.39 is 52.1 Å². The van der Waals surface area contributed by atoms with Crippen molar-refractivity contribution >= 4 is 28.0 Å². The van der Waals surface area contributed by atoms with Crippen LogP contribution in [0.5, 0.6) is 0 Å². The van der Waals surface area contributed by atoms with Crippen LogP contribution in [-0.2, 0) is 38.7 Å². The number of carbonyl (C=O) groups is 3. The fraction of sp³-hybridized carbons (Fsp3) is 0.583. The average molecular weight is 368 g/mol. The second-order valence-electron chi connectivity index (χ2n) is 5.52. The minimum atomic E-state index is -6.02. The van der Waals surface area contributed by atoms with Gasteiger partial charge in [0.1, 0.15) is 12.2 Å². The Hall–Kier alpha value is -2.08. The van der Waals surface area contributed by atoms with Crippen LogP contribution < -0.4 is 0 Å². The van der Waals surface area contributed by atoms with Crippen molar-refractivity contribution in [2.24, 2.45) is 11.8 Å². The lowest BCUT2D eigenvalue weighted by molar-refractivity contribution is -0.175. The molecule has 24 heavy (non-hydrogen) atoms. The van der Waals surface area contributed by atoms with E-state index in [1.165, 1.54) is 0 Å². The monoisotopic (exact) mass is 368 g/mol. The van der Waals surface area contributed by atoms with Crippen LogP contribution >= 0.6 is 0 Å². The molecule has 0 aromatic heterocycles. The van der Waals surface area contributed by atoms with Crippen molar-refractivity contribution in [2.45, 2.75) is 23.9 Å². The minimum Gasteiger partial charge on any atom is -0.455 e. The summed E-state index contributed by atoms with van der Waals surface area (Å²) in [6.45, 7) is -1.28. The van der Waals surface area contributed by atoms with Gasteiger partial charge in [0.05, 0.1) is 0 Å². The first kappa shape index (κ1) is 16.8. The second-order valence-corrected chi connectivity index (χ2v) is 6.98. The summed E-state index contributed by atoms with van der Waals surface area (Å²) in [5, 5.41) is -5.20. The molecule has 0 amide bonds. The first-order valence-electron chi connectivity index (χ1n) is 6.66. The molecule has 0 aromatic carbocycles. The molecular formula is C12H10F2O9S. The van der Waals surface area contributed by atoms with Crippen molar-refractivity contribution < 1.29 is 50.3 Å². The number of carbonyl (C=O) groups excluding carboxylic acids is 3. The maximum Gasteiger partial charge on any atom is 0.465 e. The molecule has 0 spiro atoms. The minimum absolute atomic E-state index is 0.188. The molecule has 0 aromatic rings. The van der Waals surface area contributed by atoms with E-state index in [1.54, 1.807) is 6.08 Å². The Morgan fingerprint density at radius 2 is 2.08 bits per heavy atom. The molecule has 4 unspecified atom stereocenters. The quantitative estimate of drug-likeness (QED) is 0.384. The third-order valence-electron chi connectivity index (χ3n) is 4.09. The topological polar surface area (TPSA) is 133 Å². The normalized spacial score (nSPS) is 30.8. The highest BCUT2D eigenvalue weighted by atomic mass is 32.2. The van der Waals surface area contributed by atoms with Gasteiger partial charge in [-0.25, -0.2) is 14.4 Å². The molecule has 2 bridgehead atoms. The Kier molecular flexibility index (Phi) is 3.64. The summed E-state index contributed by atoms with van der Waals surface area (Å²) in [5.74, 6) is -4.77. The molecule has 2 fully saturated rings. The van der Waals surface area contributed by atoms with Gasteiger partial charge in [0.15, 0.2) is 6.61 Å². The van der Waals surface area contributed by atoms with E-state index in [4.69, 9.17) is 14.0 Å². The van der Waals surface area contributed by atoms with Crippen molar-refractivity contribution in [1.29, 1.82) is 0 Å². The first-order chi connectivity index (χ1) is 11.0. The molecule has 1 heterocycles. The summed E-state index contributed by atoms with van der Waals surface area (Å²) in [6.07, 6.45) is 0.678. The number of hydrogen-bond acceptors (Lipinski definition) is 8. The summed E-state index contributed by atoms with van der Waals surface area (Å²) in [5.41, 5.74) is 0.525. The fourth-order valence-corrected chi connectivity index (χ4v) is 3.34. The molecule has 3 aliphatic rings. The standard InChI is InChI=1S/C12H10F2O9S/c13-12(14,24(18,19)20)11(17)21-3-7(15)22-8-4-1-5-6(2-4)10(16)23-9(5)8/h2,4-5,8-9H,1,3H2,(H,18,19,20). The second kappa shape index (κ2) is 5.21. The van der Waals surface area contributed by atoms with Gasteiger partial charge < -0.3 is 14.2 Å². The Bertz CT molecular complexity index is 756. The third-order valence-corrected chi connectivity index (χ3v) is 4.91. The molecule has 3 rings (SSSR count).